The van der Waals surface area contributed by atoms with Gasteiger partial charge in [-0.2, -0.15) is 0 Å². The van der Waals surface area contributed by atoms with Gasteiger partial charge in [-0.25, -0.2) is 0 Å². The first-order valence-electron chi connectivity index (χ1n) is 5.49. The number of hydrogen-bond donors (Lipinski definition) is 0. The highest BCUT2D eigenvalue weighted by atomic mass is 79.9. The van der Waals surface area contributed by atoms with Crippen molar-refractivity contribution in [2.24, 2.45) is 0 Å². The van der Waals surface area contributed by atoms with E-state index < -0.39 is 0 Å². The van der Waals surface area contributed by atoms with E-state index in [4.69, 9.17) is 21.1 Å². The van der Waals surface area contributed by atoms with Crippen molar-refractivity contribution in [3.63, 3.8) is 0 Å². The lowest BCUT2D eigenvalue weighted by Gasteiger charge is -2.24. The molecule has 17 heavy (non-hydrogen) atoms. The maximum atomic E-state index is 6.00. The van der Waals surface area contributed by atoms with Crippen LogP contribution in [0.4, 0.5) is 0 Å². The van der Waals surface area contributed by atoms with Crippen LogP contribution in [0.3, 0.4) is 0 Å². The second-order valence-electron chi connectivity index (χ2n) is 3.95. The Morgan fingerprint density at radius 1 is 1.24 bits per heavy atom. The summed E-state index contributed by atoms with van der Waals surface area (Å²) in [7, 11) is 0. The Morgan fingerprint density at radius 2 is 1.82 bits per heavy atom. The molecule has 5 heteroatoms. The van der Waals surface area contributed by atoms with E-state index in [2.05, 4.69) is 31.9 Å². The molecule has 1 aromatic rings. The number of benzene rings is 1. The van der Waals surface area contributed by atoms with E-state index >= 15 is 0 Å². The van der Waals surface area contributed by atoms with Crippen LogP contribution in [0, 0.1) is 0 Å². The average Bonchev–Trinajstić information content (AvgIpc) is 2.35. The third kappa shape index (κ3) is 3.60. The molecule has 1 aromatic carbocycles. The quantitative estimate of drug-likeness (QED) is 0.714. The molecule has 0 unspecified atom stereocenters. The first kappa shape index (κ1) is 13.7. The Labute approximate surface area is 123 Å². The van der Waals surface area contributed by atoms with Crippen molar-refractivity contribution in [3.05, 3.63) is 26.6 Å². The van der Waals surface area contributed by atoms with Crippen molar-refractivity contribution in [2.45, 2.75) is 24.8 Å². The van der Waals surface area contributed by atoms with Gasteiger partial charge in [0.15, 0.2) is 0 Å². The highest BCUT2D eigenvalue weighted by Gasteiger charge is 2.18. The van der Waals surface area contributed by atoms with Crippen LogP contribution in [0.5, 0.6) is 5.75 Å². The predicted molar refractivity (Wildman–Crippen MR) is 75.9 cm³/mol. The summed E-state index contributed by atoms with van der Waals surface area (Å²) in [5.41, 5.74) is 1.06. The molecule has 0 aliphatic carbocycles. The first-order chi connectivity index (χ1) is 8.20. The topological polar surface area (TPSA) is 18.5 Å². The molecule has 1 heterocycles. The number of alkyl halides is 1. The minimum Gasteiger partial charge on any atom is -0.488 e. The number of rotatable bonds is 3. The number of halogens is 3. The van der Waals surface area contributed by atoms with E-state index in [1.165, 1.54) is 0 Å². The van der Waals surface area contributed by atoms with Gasteiger partial charge in [0, 0.05) is 18.7 Å². The summed E-state index contributed by atoms with van der Waals surface area (Å²) in [6.45, 7) is 1.55. The largest absolute Gasteiger partial charge is 0.488 e. The van der Waals surface area contributed by atoms with Crippen molar-refractivity contribution < 1.29 is 9.47 Å². The molecule has 0 aromatic heterocycles. The van der Waals surface area contributed by atoms with E-state index in [9.17, 15) is 0 Å². The fraction of sp³-hybridized carbons (Fsp3) is 0.500. The lowest BCUT2D eigenvalue weighted by molar-refractivity contribution is 0.0249. The zero-order valence-corrected chi connectivity index (χ0v) is 13.1. The lowest BCUT2D eigenvalue weighted by Crippen LogP contribution is -2.26. The first-order valence-corrected chi connectivity index (χ1v) is 7.61. The highest BCUT2D eigenvalue weighted by Crippen LogP contribution is 2.36. The van der Waals surface area contributed by atoms with Gasteiger partial charge in [0.2, 0.25) is 0 Å². The van der Waals surface area contributed by atoms with Crippen LogP contribution in [-0.4, -0.2) is 19.3 Å². The normalized spacial score (nSPS) is 17.1. The Kier molecular flexibility index (Phi) is 5.15. The zero-order valence-electron chi connectivity index (χ0n) is 9.22. The summed E-state index contributed by atoms with van der Waals surface area (Å²) in [6, 6.07) is 3.98. The number of hydrogen-bond acceptors (Lipinski definition) is 2. The molecule has 0 spiro atoms. The van der Waals surface area contributed by atoms with Gasteiger partial charge < -0.3 is 9.47 Å². The molecular weight excluding hydrogens is 371 g/mol. The van der Waals surface area contributed by atoms with Crippen LogP contribution in [0.15, 0.2) is 21.1 Å². The van der Waals surface area contributed by atoms with Gasteiger partial charge in [0.1, 0.15) is 11.9 Å². The molecule has 0 atom stereocenters. The SMILES string of the molecule is ClCc1cc(Br)c(OC2CCOCC2)c(Br)c1. The van der Waals surface area contributed by atoms with Crippen molar-refractivity contribution >= 4 is 43.5 Å². The monoisotopic (exact) mass is 382 g/mol. The molecular formula is C12H13Br2ClO2. The lowest BCUT2D eigenvalue weighted by atomic mass is 10.1. The van der Waals surface area contributed by atoms with E-state index in [-0.39, 0.29) is 6.10 Å². The Hall–Kier alpha value is 0.230. The van der Waals surface area contributed by atoms with Gasteiger partial charge in [0.25, 0.3) is 0 Å². The molecule has 1 aliphatic heterocycles. The summed E-state index contributed by atoms with van der Waals surface area (Å²) in [4.78, 5) is 0. The molecule has 0 saturated carbocycles. The third-order valence-corrected chi connectivity index (χ3v) is 4.15. The van der Waals surface area contributed by atoms with Gasteiger partial charge in [-0.15, -0.1) is 11.6 Å². The van der Waals surface area contributed by atoms with E-state index in [0.717, 1.165) is 46.3 Å². The average molecular weight is 384 g/mol. The molecule has 0 bridgehead atoms. The minimum absolute atomic E-state index is 0.234. The van der Waals surface area contributed by atoms with Crippen LogP contribution in [-0.2, 0) is 10.6 Å². The summed E-state index contributed by atoms with van der Waals surface area (Å²) in [5.74, 6) is 1.35. The molecule has 1 saturated heterocycles. The minimum atomic E-state index is 0.234. The van der Waals surface area contributed by atoms with Crippen LogP contribution in [0.2, 0.25) is 0 Å². The fourth-order valence-electron chi connectivity index (χ4n) is 1.76. The van der Waals surface area contributed by atoms with Gasteiger partial charge in [-0.05, 0) is 49.6 Å². The second-order valence-corrected chi connectivity index (χ2v) is 5.93. The molecule has 2 nitrogen and oxygen atoms in total. The summed E-state index contributed by atoms with van der Waals surface area (Å²) < 4.78 is 13.2. The third-order valence-electron chi connectivity index (χ3n) is 2.67. The van der Waals surface area contributed by atoms with Gasteiger partial charge >= 0.3 is 0 Å². The molecule has 0 amide bonds. The van der Waals surface area contributed by atoms with Crippen molar-refractivity contribution in [1.29, 1.82) is 0 Å². The van der Waals surface area contributed by atoms with Crippen LogP contribution in [0.25, 0.3) is 0 Å². The maximum absolute atomic E-state index is 6.00. The summed E-state index contributed by atoms with van der Waals surface area (Å²) in [6.07, 6.45) is 2.12. The van der Waals surface area contributed by atoms with Gasteiger partial charge in [-0.1, -0.05) is 0 Å². The van der Waals surface area contributed by atoms with Gasteiger partial charge in [0.05, 0.1) is 22.2 Å². The standard InChI is InChI=1S/C12H13Br2ClO2/c13-10-5-8(7-15)6-11(14)12(10)17-9-1-3-16-4-2-9/h5-6,9H,1-4,7H2. The van der Waals surface area contributed by atoms with Crippen molar-refractivity contribution in [3.8, 4) is 5.75 Å². The Balaban J connectivity index is 2.14. The Bertz CT molecular complexity index is 369. The molecule has 0 N–H and O–H groups in total. The maximum Gasteiger partial charge on any atom is 0.148 e. The van der Waals surface area contributed by atoms with Crippen molar-refractivity contribution in [1.82, 2.24) is 0 Å². The van der Waals surface area contributed by atoms with Crippen LogP contribution >= 0.6 is 43.5 Å². The van der Waals surface area contributed by atoms with Crippen LogP contribution in [0.1, 0.15) is 18.4 Å². The molecule has 2 rings (SSSR count). The predicted octanol–water partition coefficient (Wildman–Crippen LogP) is 4.51. The molecule has 0 radical (unpaired) electrons. The summed E-state index contributed by atoms with van der Waals surface area (Å²) in [5, 5.41) is 0. The fourth-order valence-corrected chi connectivity index (χ4v) is 3.39. The van der Waals surface area contributed by atoms with E-state index in [1.54, 1.807) is 0 Å². The zero-order chi connectivity index (χ0) is 12.3. The van der Waals surface area contributed by atoms with E-state index in [0.29, 0.717) is 5.88 Å². The number of ether oxygens (including phenoxy) is 2. The Morgan fingerprint density at radius 3 is 2.35 bits per heavy atom. The van der Waals surface area contributed by atoms with Crippen LogP contribution < -0.4 is 4.74 Å². The highest BCUT2D eigenvalue weighted by molar-refractivity contribution is 9.11. The van der Waals surface area contributed by atoms with E-state index in [1.807, 2.05) is 12.1 Å². The van der Waals surface area contributed by atoms with Gasteiger partial charge in [-0.3, -0.25) is 0 Å². The smallest absolute Gasteiger partial charge is 0.148 e. The summed E-state index contributed by atoms with van der Waals surface area (Å²) >= 11 is 12.9. The molecule has 94 valence electrons. The second kappa shape index (κ2) is 6.41. The molecule has 1 aliphatic rings. The molecule has 1 fully saturated rings. The van der Waals surface area contributed by atoms with Crippen molar-refractivity contribution in [2.75, 3.05) is 13.2 Å².